The molecular weight excluding hydrogens is 439 g/mol. The highest BCUT2D eigenvalue weighted by Gasteiger charge is 2.28. The molecule has 1 saturated heterocycles. The quantitative estimate of drug-likeness (QED) is 0.362. The molecule has 1 rings (SSSR count). The minimum atomic E-state index is -0.875. The molecule has 1 amide bonds. The Labute approximate surface area is 166 Å². The zero-order chi connectivity index (χ0) is 17.6. The van der Waals surface area contributed by atoms with Crippen molar-refractivity contribution in [2.45, 2.75) is 51.8 Å². The first-order chi connectivity index (χ1) is 10.6. The van der Waals surface area contributed by atoms with Crippen molar-refractivity contribution in [2.75, 3.05) is 32.4 Å². The molecule has 0 aromatic heterocycles. The van der Waals surface area contributed by atoms with E-state index in [1.165, 1.54) is 0 Å². The monoisotopic (exact) mass is 472 g/mol. The Bertz CT molecular complexity index is 463. The van der Waals surface area contributed by atoms with Crippen molar-refractivity contribution in [3.8, 4) is 0 Å². The van der Waals surface area contributed by atoms with Crippen LogP contribution in [-0.4, -0.2) is 64.2 Å². The van der Waals surface area contributed by atoms with E-state index in [1.54, 1.807) is 7.05 Å². The van der Waals surface area contributed by atoms with Gasteiger partial charge in [-0.05, 0) is 27.2 Å². The zero-order valence-corrected chi connectivity index (χ0v) is 18.9. The average Bonchev–Trinajstić information content (AvgIpc) is 2.92. The molecule has 8 heteroatoms. The fraction of sp³-hybridized carbons (Fsp3) is 0.875. The number of carbonyl (C=O) groups is 1. The van der Waals surface area contributed by atoms with Crippen molar-refractivity contribution in [1.82, 2.24) is 15.5 Å². The van der Waals surface area contributed by atoms with Gasteiger partial charge in [-0.2, -0.15) is 0 Å². The summed E-state index contributed by atoms with van der Waals surface area (Å²) in [7, 11) is 0.849. The van der Waals surface area contributed by atoms with Crippen LogP contribution in [0.4, 0.5) is 0 Å². The molecule has 2 atom stereocenters. The second-order valence-electron chi connectivity index (χ2n) is 7.23. The van der Waals surface area contributed by atoms with E-state index in [2.05, 4.69) is 15.6 Å². The van der Waals surface area contributed by atoms with Crippen molar-refractivity contribution < 1.29 is 9.00 Å². The molecule has 2 N–H and O–H groups in total. The van der Waals surface area contributed by atoms with Gasteiger partial charge in [-0.3, -0.25) is 14.0 Å². The third-order valence-corrected chi connectivity index (χ3v) is 5.76. The number of guanidine groups is 1. The maximum atomic E-state index is 12.0. The SMILES string of the molecule is CN=C(NCCS(=O)C(C)(C)C)NC1CCN(C(=O)C(C)C)C1.I. The predicted molar refractivity (Wildman–Crippen MR) is 112 cm³/mol. The van der Waals surface area contributed by atoms with Crippen LogP contribution in [0, 0.1) is 5.92 Å². The molecule has 0 bridgehead atoms. The lowest BCUT2D eigenvalue weighted by molar-refractivity contribution is -0.133. The number of nitrogens with one attached hydrogen (secondary N) is 2. The van der Waals surface area contributed by atoms with E-state index >= 15 is 0 Å². The summed E-state index contributed by atoms with van der Waals surface area (Å²) in [5, 5.41) is 6.56. The maximum absolute atomic E-state index is 12.0. The number of nitrogens with zero attached hydrogens (tertiary/aromatic N) is 2. The molecular formula is C16H33IN4O2S. The molecule has 142 valence electrons. The summed E-state index contributed by atoms with van der Waals surface area (Å²) in [6.07, 6.45) is 0.924. The summed E-state index contributed by atoms with van der Waals surface area (Å²) in [5.74, 6) is 1.54. The first-order valence-corrected chi connectivity index (χ1v) is 9.61. The second kappa shape index (κ2) is 10.6. The lowest BCUT2D eigenvalue weighted by Crippen LogP contribution is -2.46. The highest BCUT2D eigenvalue weighted by molar-refractivity contribution is 14.0. The van der Waals surface area contributed by atoms with Gasteiger partial charge in [0.2, 0.25) is 5.91 Å². The zero-order valence-electron chi connectivity index (χ0n) is 15.7. The summed E-state index contributed by atoms with van der Waals surface area (Å²) >= 11 is 0. The Hall–Kier alpha value is -0.380. The average molecular weight is 472 g/mol. The first kappa shape index (κ1) is 23.6. The molecule has 6 nitrogen and oxygen atoms in total. The van der Waals surface area contributed by atoms with E-state index in [0.29, 0.717) is 24.8 Å². The summed E-state index contributed by atoms with van der Waals surface area (Å²) in [5.41, 5.74) is 0. The van der Waals surface area contributed by atoms with Gasteiger partial charge in [0.1, 0.15) is 0 Å². The van der Waals surface area contributed by atoms with Crippen molar-refractivity contribution >= 4 is 46.6 Å². The summed E-state index contributed by atoms with van der Waals surface area (Å²) in [4.78, 5) is 18.1. The van der Waals surface area contributed by atoms with Crippen LogP contribution in [0.3, 0.4) is 0 Å². The Morgan fingerprint density at radius 2 is 2.00 bits per heavy atom. The standard InChI is InChI=1S/C16H32N4O2S.HI/c1-12(2)14(21)20-9-7-13(11-20)19-15(17-6)18-8-10-23(22)16(3,4)5;/h12-13H,7-11H2,1-6H3,(H2,17,18,19);1H. The van der Waals surface area contributed by atoms with Gasteiger partial charge >= 0.3 is 0 Å². The fourth-order valence-electron chi connectivity index (χ4n) is 2.40. The maximum Gasteiger partial charge on any atom is 0.225 e. The molecule has 1 aliphatic heterocycles. The van der Waals surface area contributed by atoms with Crippen LogP contribution in [0.2, 0.25) is 0 Å². The number of likely N-dealkylation sites (tertiary alicyclic amines) is 1. The minimum Gasteiger partial charge on any atom is -0.355 e. The first-order valence-electron chi connectivity index (χ1n) is 8.29. The van der Waals surface area contributed by atoms with Crippen molar-refractivity contribution in [2.24, 2.45) is 10.9 Å². The molecule has 0 aromatic rings. The van der Waals surface area contributed by atoms with E-state index in [-0.39, 0.29) is 46.6 Å². The van der Waals surface area contributed by atoms with E-state index in [4.69, 9.17) is 0 Å². The van der Waals surface area contributed by atoms with E-state index in [1.807, 2.05) is 39.5 Å². The third-order valence-electron chi connectivity index (χ3n) is 3.82. The third kappa shape index (κ3) is 7.67. The molecule has 0 spiro atoms. The molecule has 0 aromatic carbocycles. The summed E-state index contributed by atoms with van der Waals surface area (Å²) in [6.45, 7) is 11.9. The fourth-order valence-corrected chi connectivity index (χ4v) is 3.30. The number of hydrogen-bond donors (Lipinski definition) is 2. The van der Waals surface area contributed by atoms with Gasteiger partial charge in [0.15, 0.2) is 5.96 Å². The van der Waals surface area contributed by atoms with Gasteiger partial charge in [0.25, 0.3) is 0 Å². The molecule has 0 radical (unpaired) electrons. The number of carbonyl (C=O) groups excluding carboxylic acids is 1. The second-order valence-corrected chi connectivity index (χ2v) is 9.55. The number of halogens is 1. The summed E-state index contributed by atoms with van der Waals surface area (Å²) < 4.78 is 11.8. The smallest absolute Gasteiger partial charge is 0.225 e. The topological polar surface area (TPSA) is 73.8 Å². The van der Waals surface area contributed by atoms with Crippen molar-refractivity contribution in [1.29, 1.82) is 0 Å². The summed E-state index contributed by atoms with van der Waals surface area (Å²) in [6, 6.07) is 0.219. The highest BCUT2D eigenvalue weighted by Crippen LogP contribution is 2.13. The molecule has 1 aliphatic rings. The lowest BCUT2D eigenvalue weighted by atomic mass is 10.2. The molecule has 0 saturated carbocycles. The number of rotatable bonds is 5. The molecule has 24 heavy (non-hydrogen) atoms. The van der Waals surface area contributed by atoms with Crippen LogP contribution in [0.15, 0.2) is 4.99 Å². The van der Waals surface area contributed by atoms with Gasteiger partial charge < -0.3 is 15.5 Å². The largest absolute Gasteiger partial charge is 0.355 e. The lowest BCUT2D eigenvalue weighted by Gasteiger charge is -2.21. The molecule has 2 unspecified atom stereocenters. The molecule has 1 fully saturated rings. The Morgan fingerprint density at radius 1 is 1.38 bits per heavy atom. The van der Waals surface area contributed by atoms with Crippen LogP contribution in [-0.2, 0) is 15.6 Å². The Kier molecular flexibility index (Phi) is 10.4. The van der Waals surface area contributed by atoms with E-state index in [9.17, 15) is 9.00 Å². The number of amides is 1. The number of hydrogen-bond acceptors (Lipinski definition) is 3. The number of aliphatic imine (C=N–C) groups is 1. The minimum absolute atomic E-state index is 0. The van der Waals surface area contributed by atoms with Crippen LogP contribution in [0.1, 0.15) is 41.0 Å². The van der Waals surface area contributed by atoms with Gasteiger partial charge in [-0.25, -0.2) is 0 Å². The normalized spacial score (nSPS) is 19.9. The van der Waals surface area contributed by atoms with Crippen LogP contribution in [0.5, 0.6) is 0 Å². The van der Waals surface area contributed by atoms with Crippen LogP contribution in [0.25, 0.3) is 0 Å². The van der Waals surface area contributed by atoms with E-state index in [0.717, 1.165) is 13.0 Å². The van der Waals surface area contributed by atoms with Gasteiger partial charge in [-0.1, -0.05) is 13.8 Å². The van der Waals surface area contributed by atoms with Crippen LogP contribution >= 0.6 is 24.0 Å². The van der Waals surface area contributed by atoms with Crippen molar-refractivity contribution in [3.05, 3.63) is 0 Å². The van der Waals surface area contributed by atoms with Crippen molar-refractivity contribution in [3.63, 3.8) is 0 Å². The Balaban J connectivity index is 0.00000529. The molecule has 0 aliphatic carbocycles. The highest BCUT2D eigenvalue weighted by atomic mass is 127. The van der Waals surface area contributed by atoms with Gasteiger partial charge in [-0.15, -0.1) is 24.0 Å². The van der Waals surface area contributed by atoms with Crippen LogP contribution < -0.4 is 10.6 Å². The van der Waals surface area contributed by atoms with E-state index < -0.39 is 10.8 Å². The van der Waals surface area contributed by atoms with Gasteiger partial charge in [0, 0.05) is 59.9 Å². The predicted octanol–water partition coefficient (Wildman–Crippen LogP) is 1.57. The molecule has 1 heterocycles. The Morgan fingerprint density at radius 3 is 2.50 bits per heavy atom. The van der Waals surface area contributed by atoms with Gasteiger partial charge in [0.05, 0.1) is 0 Å².